The molecule has 3 nitrogen and oxygen atoms in total. The Balaban J connectivity index is 1.69. The van der Waals surface area contributed by atoms with Gasteiger partial charge in [0.2, 0.25) is 0 Å². The Kier molecular flexibility index (Phi) is 5.26. The van der Waals surface area contributed by atoms with Crippen molar-refractivity contribution >= 4 is 0 Å². The van der Waals surface area contributed by atoms with E-state index < -0.39 is 0 Å². The summed E-state index contributed by atoms with van der Waals surface area (Å²) in [4.78, 5) is 2.54. The third-order valence-electron chi connectivity index (χ3n) is 4.37. The van der Waals surface area contributed by atoms with E-state index in [0.717, 1.165) is 31.7 Å². The smallest absolute Gasteiger partial charge is 0.0702 e. The van der Waals surface area contributed by atoms with Crippen molar-refractivity contribution in [3.05, 3.63) is 0 Å². The summed E-state index contributed by atoms with van der Waals surface area (Å²) in [5.41, 5.74) is 0. The summed E-state index contributed by atoms with van der Waals surface area (Å²) in [6.07, 6.45) is 7.13. The molecule has 2 aliphatic rings. The van der Waals surface area contributed by atoms with Crippen molar-refractivity contribution in [3.63, 3.8) is 0 Å². The molecule has 0 radical (unpaired) electrons. The quantitative estimate of drug-likeness (QED) is 0.767. The fourth-order valence-corrected chi connectivity index (χ4v) is 3.11. The highest BCUT2D eigenvalue weighted by Crippen LogP contribution is 2.31. The van der Waals surface area contributed by atoms with Crippen molar-refractivity contribution < 1.29 is 4.74 Å². The molecular formula is C14H28N2O. The molecule has 1 saturated heterocycles. The number of ether oxygens (including phenoxy) is 1. The second-order valence-corrected chi connectivity index (χ2v) is 5.64. The lowest BCUT2D eigenvalue weighted by Crippen LogP contribution is -2.51. The molecule has 3 atom stereocenters. The molecule has 0 aromatic heterocycles. The maximum Gasteiger partial charge on any atom is 0.0702 e. The van der Waals surface area contributed by atoms with Gasteiger partial charge in [0, 0.05) is 19.2 Å². The van der Waals surface area contributed by atoms with E-state index in [4.69, 9.17) is 4.74 Å². The number of likely N-dealkylation sites (N-methyl/N-ethyl adjacent to an activating group) is 1. The fraction of sp³-hybridized carbons (Fsp3) is 1.00. The van der Waals surface area contributed by atoms with Gasteiger partial charge < -0.3 is 15.0 Å². The fourth-order valence-electron chi connectivity index (χ4n) is 3.11. The Morgan fingerprint density at radius 3 is 2.71 bits per heavy atom. The van der Waals surface area contributed by atoms with Crippen LogP contribution < -0.4 is 5.32 Å². The van der Waals surface area contributed by atoms with E-state index in [0.29, 0.717) is 6.10 Å². The molecule has 1 aliphatic heterocycles. The molecule has 2 rings (SSSR count). The minimum Gasteiger partial charge on any atom is -0.377 e. The molecule has 1 heterocycles. The molecule has 0 aromatic rings. The highest BCUT2D eigenvalue weighted by molar-refractivity contribution is 4.89. The first-order chi connectivity index (χ1) is 8.31. The van der Waals surface area contributed by atoms with Crippen LogP contribution in [0.1, 0.15) is 39.0 Å². The van der Waals surface area contributed by atoms with Crippen molar-refractivity contribution in [1.82, 2.24) is 10.2 Å². The van der Waals surface area contributed by atoms with Crippen molar-refractivity contribution in [2.45, 2.75) is 51.2 Å². The standard InChI is InChI=1S/C14H28N2O/c1-3-15-10-12-7-8-14(12)16(2)11-13-6-4-5-9-17-13/h12-15H,3-11H2,1-2H3. The van der Waals surface area contributed by atoms with Crippen molar-refractivity contribution in [2.24, 2.45) is 5.92 Å². The van der Waals surface area contributed by atoms with Gasteiger partial charge in [-0.05, 0) is 58.2 Å². The third kappa shape index (κ3) is 3.67. The molecule has 3 heteroatoms. The van der Waals surface area contributed by atoms with Gasteiger partial charge >= 0.3 is 0 Å². The van der Waals surface area contributed by atoms with Crippen LogP contribution in [-0.2, 0) is 4.74 Å². The van der Waals surface area contributed by atoms with Gasteiger partial charge in [-0.25, -0.2) is 0 Å². The van der Waals surface area contributed by atoms with Gasteiger partial charge in [0.1, 0.15) is 0 Å². The Labute approximate surface area is 106 Å². The van der Waals surface area contributed by atoms with E-state index in [1.54, 1.807) is 0 Å². The van der Waals surface area contributed by atoms with Crippen LogP contribution >= 0.6 is 0 Å². The molecule has 1 N–H and O–H groups in total. The van der Waals surface area contributed by atoms with Gasteiger partial charge in [-0.15, -0.1) is 0 Å². The van der Waals surface area contributed by atoms with Crippen LogP contribution in [0.4, 0.5) is 0 Å². The predicted molar refractivity (Wildman–Crippen MR) is 71.3 cm³/mol. The lowest BCUT2D eigenvalue weighted by atomic mass is 9.78. The molecule has 100 valence electrons. The van der Waals surface area contributed by atoms with Crippen molar-refractivity contribution in [1.29, 1.82) is 0 Å². The number of nitrogens with zero attached hydrogens (tertiary/aromatic N) is 1. The maximum absolute atomic E-state index is 5.83. The molecule has 1 saturated carbocycles. The first-order valence-corrected chi connectivity index (χ1v) is 7.33. The lowest BCUT2D eigenvalue weighted by Gasteiger charge is -2.44. The molecule has 1 aliphatic carbocycles. The zero-order valence-electron chi connectivity index (χ0n) is 11.5. The van der Waals surface area contributed by atoms with Crippen LogP contribution in [0.3, 0.4) is 0 Å². The van der Waals surface area contributed by atoms with Crippen LogP contribution in [0.15, 0.2) is 0 Å². The van der Waals surface area contributed by atoms with Crippen LogP contribution in [0.2, 0.25) is 0 Å². The summed E-state index contributed by atoms with van der Waals surface area (Å²) < 4.78 is 5.83. The molecule has 17 heavy (non-hydrogen) atoms. The van der Waals surface area contributed by atoms with Gasteiger partial charge in [-0.1, -0.05) is 6.92 Å². The van der Waals surface area contributed by atoms with Crippen molar-refractivity contribution in [3.8, 4) is 0 Å². The summed E-state index contributed by atoms with van der Waals surface area (Å²) in [6, 6.07) is 0.791. The first kappa shape index (κ1) is 13.3. The maximum atomic E-state index is 5.83. The lowest BCUT2D eigenvalue weighted by molar-refractivity contribution is -0.0250. The molecule has 2 fully saturated rings. The summed E-state index contributed by atoms with van der Waals surface area (Å²) in [6.45, 7) is 6.58. The second kappa shape index (κ2) is 6.72. The normalized spacial score (nSPS) is 33.7. The van der Waals surface area contributed by atoms with E-state index >= 15 is 0 Å². The minimum atomic E-state index is 0.495. The van der Waals surface area contributed by atoms with Crippen molar-refractivity contribution in [2.75, 3.05) is 33.3 Å². The zero-order valence-corrected chi connectivity index (χ0v) is 11.5. The van der Waals surface area contributed by atoms with E-state index in [2.05, 4.69) is 24.2 Å². The van der Waals surface area contributed by atoms with Crippen LogP contribution in [0.25, 0.3) is 0 Å². The van der Waals surface area contributed by atoms with Gasteiger partial charge in [0.05, 0.1) is 6.10 Å². The number of nitrogens with one attached hydrogen (secondary N) is 1. The summed E-state index contributed by atoms with van der Waals surface area (Å²) in [5.74, 6) is 0.864. The monoisotopic (exact) mass is 240 g/mol. The van der Waals surface area contributed by atoms with Crippen LogP contribution in [-0.4, -0.2) is 50.3 Å². The van der Waals surface area contributed by atoms with Gasteiger partial charge in [0.15, 0.2) is 0 Å². The highest BCUT2D eigenvalue weighted by atomic mass is 16.5. The van der Waals surface area contributed by atoms with E-state index in [1.807, 2.05) is 0 Å². The summed E-state index contributed by atoms with van der Waals surface area (Å²) in [7, 11) is 2.28. The van der Waals surface area contributed by atoms with Gasteiger partial charge in [0.25, 0.3) is 0 Å². The Morgan fingerprint density at radius 2 is 2.12 bits per heavy atom. The number of rotatable bonds is 6. The predicted octanol–water partition coefficient (Wildman–Crippen LogP) is 1.88. The Hall–Kier alpha value is -0.120. The molecular weight excluding hydrogens is 212 g/mol. The van der Waals surface area contributed by atoms with E-state index in [9.17, 15) is 0 Å². The van der Waals surface area contributed by atoms with Crippen LogP contribution in [0, 0.1) is 5.92 Å². The minimum absolute atomic E-state index is 0.495. The zero-order chi connectivity index (χ0) is 12.1. The topological polar surface area (TPSA) is 24.5 Å². The molecule has 3 unspecified atom stereocenters. The molecule has 0 aromatic carbocycles. The molecule has 0 amide bonds. The Morgan fingerprint density at radius 1 is 1.24 bits per heavy atom. The average Bonchev–Trinajstić information content (AvgIpc) is 2.29. The number of hydrogen-bond acceptors (Lipinski definition) is 3. The molecule has 0 bridgehead atoms. The molecule has 0 spiro atoms. The summed E-state index contributed by atoms with van der Waals surface area (Å²) >= 11 is 0. The SMILES string of the molecule is CCNCC1CCC1N(C)CC1CCCCO1. The largest absolute Gasteiger partial charge is 0.377 e. The third-order valence-corrected chi connectivity index (χ3v) is 4.37. The highest BCUT2D eigenvalue weighted by Gasteiger charge is 2.34. The second-order valence-electron chi connectivity index (χ2n) is 5.64. The van der Waals surface area contributed by atoms with Gasteiger partial charge in [-0.3, -0.25) is 0 Å². The van der Waals surface area contributed by atoms with E-state index in [-0.39, 0.29) is 0 Å². The first-order valence-electron chi connectivity index (χ1n) is 7.33. The van der Waals surface area contributed by atoms with E-state index in [1.165, 1.54) is 38.6 Å². The summed E-state index contributed by atoms with van der Waals surface area (Å²) in [5, 5.41) is 3.48. The van der Waals surface area contributed by atoms with Crippen LogP contribution in [0.5, 0.6) is 0 Å². The Bertz CT molecular complexity index is 216. The number of hydrogen-bond donors (Lipinski definition) is 1. The average molecular weight is 240 g/mol. The van der Waals surface area contributed by atoms with Gasteiger partial charge in [-0.2, -0.15) is 0 Å².